The first-order valence-corrected chi connectivity index (χ1v) is 19.0. The highest BCUT2D eigenvalue weighted by atomic mass is 16.3. The van der Waals surface area contributed by atoms with Gasteiger partial charge in [0.15, 0.2) is 23.1 Å². The van der Waals surface area contributed by atoms with Gasteiger partial charge in [0.05, 0.1) is 22.1 Å². The number of para-hydroxylation sites is 4. The Bertz CT molecular complexity index is 3470. The topological polar surface area (TPSA) is 69.9 Å². The van der Waals surface area contributed by atoms with Crippen molar-refractivity contribution in [2.75, 3.05) is 0 Å². The number of benzene rings is 8. The van der Waals surface area contributed by atoms with Crippen molar-refractivity contribution in [3.05, 3.63) is 182 Å². The molecule has 8 aromatic carbocycles. The lowest BCUT2D eigenvalue weighted by Gasteiger charge is -2.10. The van der Waals surface area contributed by atoms with E-state index in [0.717, 1.165) is 99.2 Å². The lowest BCUT2D eigenvalue weighted by molar-refractivity contribution is 0.667. The molecule has 0 saturated carbocycles. The first kappa shape index (κ1) is 31.5. The number of hydrogen-bond acceptors (Lipinski definition) is 5. The fourth-order valence-corrected chi connectivity index (χ4v) is 8.47. The summed E-state index contributed by atoms with van der Waals surface area (Å²) in [5.41, 5.74) is 11.3. The van der Waals surface area contributed by atoms with E-state index < -0.39 is 0 Å². The minimum atomic E-state index is 0.605. The SMILES string of the molecule is c1ccc(-c2nc(-c3ccccc3)nc(-c3cccc(-c4cccc5c4oc4c(-n6c7ccccc7c7c8oc9ccccc9c8ccc76)cccc45)c3)n2)cc1. The Morgan fingerprint density at radius 2 is 0.912 bits per heavy atom. The number of aromatic nitrogens is 4. The molecule has 12 aromatic rings. The van der Waals surface area contributed by atoms with Gasteiger partial charge in [-0.05, 0) is 42.0 Å². The van der Waals surface area contributed by atoms with E-state index in [2.05, 4.69) is 114 Å². The van der Waals surface area contributed by atoms with Gasteiger partial charge < -0.3 is 13.4 Å². The molecule has 6 nitrogen and oxygen atoms in total. The second-order valence-corrected chi connectivity index (χ2v) is 14.3. The van der Waals surface area contributed by atoms with Gasteiger partial charge >= 0.3 is 0 Å². The molecule has 0 radical (unpaired) electrons. The summed E-state index contributed by atoms with van der Waals surface area (Å²) in [6.45, 7) is 0. The molecule has 0 saturated heterocycles. The van der Waals surface area contributed by atoms with Gasteiger partial charge in [-0.25, -0.2) is 15.0 Å². The van der Waals surface area contributed by atoms with Crippen LogP contribution >= 0.6 is 0 Å². The third-order valence-corrected chi connectivity index (χ3v) is 11.1. The Labute approximate surface area is 325 Å². The first-order chi connectivity index (χ1) is 28.3. The maximum atomic E-state index is 7.04. The summed E-state index contributed by atoms with van der Waals surface area (Å²) in [6.07, 6.45) is 0. The fraction of sp³-hybridized carbons (Fsp3) is 0. The van der Waals surface area contributed by atoms with Crippen molar-refractivity contribution in [3.63, 3.8) is 0 Å². The highest BCUT2D eigenvalue weighted by Crippen LogP contribution is 2.44. The molecule has 0 aliphatic rings. The molecule has 6 heteroatoms. The zero-order valence-electron chi connectivity index (χ0n) is 30.4. The normalized spacial score (nSPS) is 11.9. The molecule has 266 valence electrons. The van der Waals surface area contributed by atoms with Crippen LogP contribution < -0.4 is 0 Å². The van der Waals surface area contributed by atoms with E-state index in [4.69, 9.17) is 23.8 Å². The van der Waals surface area contributed by atoms with E-state index in [1.54, 1.807) is 0 Å². The molecule has 0 fully saturated rings. The maximum absolute atomic E-state index is 7.04. The lowest BCUT2D eigenvalue weighted by atomic mass is 10.00. The molecule has 0 aliphatic heterocycles. The Morgan fingerprint density at radius 1 is 0.351 bits per heavy atom. The number of hydrogen-bond donors (Lipinski definition) is 0. The maximum Gasteiger partial charge on any atom is 0.164 e. The number of fused-ring (bicyclic) bond motifs is 10. The summed E-state index contributed by atoms with van der Waals surface area (Å²) >= 11 is 0. The minimum absolute atomic E-state index is 0.605. The van der Waals surface area contributed by atoms with E-state index in [1.165, 1.54) is 0 Å². The van der Waals surface area contributed by atoms with Gasteiger partial charge in [0.2, 0.25) is 0 Å². The minimum Gasteiger partial charge on any atom is -0.455 e. The van der Waals surface area contributed by atoms with Gasteiger partial charge in [-0.3, -0.25) is 0 Å². The fourth-order valence-electron chi connectivity index (χ4n) is 8.47. The average molecular weight is 731 g/mol. The van der Waals surface area contributed by atoms with Gasteiger partial charge in [0, 0.05) is 49.2 Å². The molecular formula is C51H30N4O2. The molecule has 0 aliphatic carbocycles. The zero-order valence-corrected chi connectivity index (χ0v) is 30.4. The van der Waals surface area contributed by atoms with E-state index >= 15 is 0 Å². The number of furan rings is 2. The van der Waals surface area contributed by atoms with Gasteiger partial charge in [-0.2, -0.15) is 0 Å². The largest absolute Gasteiger partial charge is 0.455 e. The van der Waals surface area contributed by atoms with Crippen LogP contribution in [0, 0.1) is 0 Å². The van der Waals surface area contributed by atoms with E-state index in [-0.39, 0.29) is 0 Å². The van der Waals surface area contributed by atoms with Crippen molar-refractivity contribution in [2.24, 2.45) is 0 Å². The number of rotatable bonds is 5. The Hall–Kier alpha value is -7.83. The number of nitrogens with zero attached hydrogens (tertiary/aromatic N) is 4. The summed E-state index contributed by atoms with van der Waals surface area (Å²) in [5.74, 6) is 1.86. The van der Waals surface area contributed by atoms with Crippen molar-refractivity contribution in [2.45, 2.75) is 0 Å². The van der Waals surface area contributed by atoms with Crippen LogP contribution in [-0.4, -0.2) is 19.5 Å². The third-order valence-electron chi connectivity index (χ3n) is 11.1. The van der Waals surface area contributed by atoms with Crippen LogP contribution in [0.25, 0.3) is 117 Å². The van der Waals surface area contributed by atoms with E-state index in [9.17, 15) is 0 Å². The van der Waals surface area contributed by atoms with Crippen molar-refractivity contribution in [1.29, 1.82) is 0 Å². The van der Waals surface area contributed by atoms with Crippen LogP contribution in [0.2, 0.25) is 0 Å². The molecule has 0 unspecified atom stereocenters. The predicted octanol–water partition coefficient (Wildman–Crippen LogP) is 13.4. The molecular weight excluding hydrogens is 701 g/mol. The summed E-state index contributed by atoms with van der Waals surface area (Å²) in [4.78, 5) is 14.9. The molecule has 0 amide bonds. The van der Waals surface area contributed by atoms with Gasteiger partial charge in [0.25, 0.3) is 0 Å². The van der Waals surface area contributed by atoms with Crippen LogP contribution in [-0.2, 0) is 0 Å². The third kappa shape index (κ3) is 4.87. The molecule has 0 N–H and O–H groups in total. The van der Waals surface area contributed by atoms with Crippen LogP contribution in [0.3, 0.4) is 0 Å². The molecule has 0 spiro atoms. The summed E-state index contributed by atoms with van der Waals surface area (Å²) in [6, 6.07) is 62.5. The molecule has 12 rings (SSSR count). The second-order valence-electron chi connectivity index (χ2n) is 14.3. The standard InChI is InChI=1S/C51H30N4O2/c1-3-14-31(15-4-1)49-52-50(32-16-5-2-6-17-32)54-51(53-49)34-19-11-18-33(30-34)35-22-12-23-37-38-24-13-26-43(47(38)57-46(35)37)55-41-25-9-7-21-40(41)45-42(55)29-28-39-36-20-8-10-27-44(36)56-48(39)45/h1-30H. The predicted molar refractivity (Wildman–Crippen MR) is 230 cm³/mol. The molecule has 4 heterocycles. The van der Waals surface area contributed by atoms with Gasteiger partial charge in [-0.15, -0.1) is 0 Å². The van der Waals surface area contributed by atoms with Crippen molar-refractivity contribution < 1.29 is 8.83 Å². The molecule has 4 aromatic heterocycles. The van der Waals surface area contributed by atoms with E-state index in [1.807, 2.05) is 72.8 Å². The van der Waals surface area contributed by atoms with Crippen LogP contribution in [0.5, 0.6) is 0 Å². The molecule has 0 atom stereocenters. The summed E-state index contributed by atoms with van der Waals surface area (Å²) in [7, 11) is 0. The lowest BCUT2D eigenvalue weighted by Crippen LogP contribution is -2.00. The van der Waals surface area contributed by atoms with Crippen LogP contribution in [0.15, 0.2) is 191 Å². The smallest absolute Gasteiger partial charge is 0.164 e. The first-order valence-electron chi connectivity index (χ1n) is 19.0. The second kappa shape index (κ2) is 12.3. The van der Waals surface area contributed by atoms with E-state index in [0.29, 0.717) is 17.5 Å². The van der Waals surface area contributed by atoms with Gasteiger partial charge in [-0.1, -0.05) is 146 Å². The Kier molecular flexibility index (Phi) is 6.83. The highest BCUT2D eigenvalue weighted by Gasteiger charge is 2.22. The zero-order chi connectivity index (χ0) is 37.5. The van der Waals surface area contributed by atoms with Crippen LogP contribution in [0.4, 0.5) is 0 Å². The molecule has 0 bridgehead atoms. The van der Waals surface area contributed by atoms with Gasteiger partial charge in [0.1, 0.15) is 16.7 Å². The summed E-state index contributed by atoms with van der Waals surface area (Å²) < 4.78 is 15.9. The van der Waals surface area contributed by atoms with Crippen molar-refractivity contribution in [1.82, 2.24) is 19.5 Å². The highest BCUT2D eigenvalue weighted by molar-refractivity contribution is 6.24. The van der Waals surface area contributed by atoms with Crippen LogP contribution in [0.1, 0.15) is 0 Å². The Morgan fingerprint density at radius 3 is 1.68 bits per heavy atom. The quantitative estimate of drug-likeness (QED) is 0.176. The van der Waals surface area contributed by atoms with Crippen molar-refractivity contribution >= 4 is 65.7 Å². The average Bonchev–Trinajstić information content (AvgIpc) is 3.97. The molecule has 57 heavy (non-hydrogen) atoms. The Balaban J connectivity index is 1.04. The summed E-state index contributed by atoms with van der Waals surface area (Å²) in [5, 5.41) is 6.55. The van der Waals surface area contributed by atoms with Crippen molar-refractivity contribution in [3.8, 4) is 51.0 Å². The monoisotopic (exact) mass is 730 g/mol.